The van der Waals surface area contributed by atoms with Gasteiger partial charge in [-0.05, 0) is 19.3 Å². The van der Waals surface area contributed by atoms with E-state index in [0.29, 0.717) is 0 Å². The van der Waals surface area contributed by atoms with E-state index in [0.717, 1.165) is 19.4 Å². The van der Waals surface area contributed by atoms with Crippen LogP contribution in [0.3, 0.4) is 0 Å². The number of fused-ring (bicyclic) bond motifs is 1. The van der Waals surface area contributed by atoms with E-state index in [2.05, 4.69) is 4.90 Å². The molecular formula is C8H15NO. The summed E-state index contributed by atoms with van der Waals surface area (Å²) < 4.78 is 5.36. The molecule has 0 aliphatic carbocycles. The van der Waals surface area contributed by atoms with E-state index in [4.69, 9.17) is 4.74 Å². The highest BCUT2D eigenvalue weighted by molar-refractivity contribution is 4.76. The summed E-state index contributed by atoms with van der Waals surface area (Å²) >= 11 is 0. The fourth-order valence-corrected chi connectivity index (χ4v) is 1.96. The van der Waals surface area contributed by atoms with Crippen molar-refractivity contribution in [3.8, 4) is 0 Å². The molecule has 0 unspecified atom stereocenters. The van der Waals surface area contributed by atoms with Crippen LogP contribution in [0.15, 0.2) is 0 Å². The third-order valence-corrected chi connectivity index (χ3v) is 2.60. The van der Waals surface area contributed by atoms with Crippen LogP contribution in [0.2, 0.25) is 0 Å². The standard InChI is InChI=1S/C8H15NO/c1-2-5-9-7-10-6-4-8(9)3-1/h8H,1-7H2/t8-/m1/s1. The van der Waals surface area contributed by atoms with Gasteiger partial charge in [0.05, 0.1) is 6.73 Å². The zero-order valence-electron chi connectivity index (χ0n) is 6.38. The lowest BCUT2D eigenvalue weighted by Gasteiger charge is -2.38. The Balaban J connectivity index is 1.93. The molecule has 2 rings (SSSR count). The first kappa shape index (κ1) is 6.62. The third kappa shape index (κ3) is 1.18. The topological polar surface area (TPSA) is 12.5 Å². The molecule has 0 N–H and O–H groups in total. The minimum absolute atomic E-state index is 0.863. The Morgan fingerprint density at radius 2 is 2.20 bits per heavy atom. The number of hydrogen-bond donors (Lipinski definition) is 0. The van der Waals surface area contributed by atoms with Crippen molar-refractivity contribution in [2.24, 2.45) is 0 Å². The lowest BCUT2D eigenvalue weighted by Crippen LogP contribution is -2.44. The second-order valence-electron chi connectivity index (χ2n) is 3.29. The normalized spacial score (nSPS) is 35.4. The Morgan fingerprint density at radius 3 is 3.10 bits per heavy atom. The van der Waals surface area contributed by atoms with Crippen LogP contribution in [-0.2, 0) is 4.74 Å². The van der Waals surface area contributed by atoms with E-state index in [9.17, 15) is 0 Å². The molecule has 10 heavy (non-hydrogen) atoms. The molecule has 2 heterocycles. The number of rotatable bonds is 0. The maximum absolute atomic E-state index is 5.36. The minimum Gasteiger partial charge on any atom is -0.366 e. The van der Waals surface area contributed by atoms with E-state index in [1.165, 1.54) is 32.2 Å². The van der Waals surface area contributed by atoms with Crippen LogP contribution < -0.4 is 0 Å². The highest BCUT2D eigenvalue weighted by Gasteiger charge is 2.24. The molecule has 0 aromatic heterocycles. The maximum Gasteiger partial charge on any atom is 0.0992 e. The van der Waals surface area contributed by atoms with Crippen LogP contribution in [0.25, 0.3) is 0 Å². The molecule has 0 radical (unpaired) electrons. The first-order chi connectivity index (χ1) is 4.97. The number of hydrogen-bond acceptors (Lipinski definition) is 2. The molecule has 2 aliphatic heterocycles. The highest BCUT2D eigenvalue weighted by Crippen LogP contribution is 2.21. The van der Waals surface area contributed by atoms with E-state index >= 15 is 0 Å². The van der Waals surface area contributed by atoms with Gasteiger partial charge in [-0.2, -0.15) is 0 Å². The molecule has 0 aromatic carbocycles. The molecule has 2 fully saturated rings. The lowest BCUT2D eigenvalue weighted by atomic mass is 10.00. The van der Waals surface area contributed by atoms with Crippen LogP contribution in [0.4, 0.5) is 0 Å². The van der Waals surface area contributed by atoms with Gasteiger partial charge in [-0.1, -0.05) is 6.42 Å². The lowest BCUT2D eigenvalue weighted by molar-refractivity contribution is -0.0607. The maximum atomic E-state index is 5.36. The van der Waals surface area contributed by atoms with Crippen molar-refractivity contribution in [3.05, 3.63) is 0 Å². The largest absolute Gasteiger partial charge is 0.366 e. The molecule has 0 bridgehead atoms. The van der Waals surface area contributed by atoms with Gasteiger partial charge >= 0.3 is 0 Å². The van der Waals surface area contributed by atoms with Crippen LogP contribution in [0.1, 0.15) is 25.7 Å². The number of piperidine rings is 1. The van der Waals surface area contributed by atoms with E-state index in [-0.39, 0.29) is 0 Å². The molecule has 0 saturated carbocycles. The average molecular weight is 141 g/mol. The molecule has 0 spiro atoms. The quantitative estimate of drug-likeness (QED) is 0.503. The Morgan fingerprint density at radius 1 is 1.20 bits per heavy atom. The molecule has 2 saturated heterocycles. The summed E-state index contributed by atoms with van der Waals surface area (Å²) in [6.45, 7) is 3.15. The molecule has 2 nitrogen and oxygen atoms in total. The summed E-state index contributed by atoms with van der Waals surface area (Å²) in [6.07, 6.45) is 5.48. The predicted octanol–water partition coefficient (Wildman–Crippen LogP) is 1.22. The molecule has 2 aliphatic rings. The summed E-state index contributed by atoms with van der Waals surface area (Å²) in [5.41, 5.74) is 0. The predicted molar refractivity (Wildman–Crippen MR) is 39.8 cm³/mol. The molecule has 0 aromatic rings. The highest BCUT2D eigenvalue weighted by atomic mass is 16.5. The summed E-state index contributed by atoms with van der Waals surface area (Å²) in [7, 11) is 0. The van der Waals surface area contributed by atoms with Gasteiger partial charge in [0, 0.05) is 19.2 Å². The van der Waals surface area contributed by atoms with Crippen molar-refractivity contribution >= 4 is 0 Å². The van der Waals surface area contributed by atoms with Crippen molar-refractivity contribution in [1.29, 1.82) is 0 Å². The van der Waals surface area contributed by atoms with E-state index in [1.54, 1.807) is 0 Å². The van der Waals surface area contributed by atoms with Crippen molar-refractivity contribution < 1.29 is 4.74 Å². The summed E-state index contributed by atoms with van der Waals surface area (Å²) in [6, 6.07) is 0.863. The van der Waals surface area contributed by atoms with Crippen LogP contribution in [0.5, 0.6) is 0 Å². The molecule has 2 heteroatoms. The summed E-state index contributed by atoms with van der Waals surface area (Å²) in [5, 5.41) is 0. The zero-order valence-corrected chi connectivity index (χ0v) is 6.38. The summed E-state index contributed by atoms with van der Waals surface area (Å²) in [4.78, 5) is 2.48. The van der Waals surface area contributed by atoms with E-state index in [1.807, 2.05) is 0 Å². The molecule has 58 valence electrons. The monoisotopic (exact) mass is 141 g/mol. The van der Waals surface area contributed by atoms with Crippen molar-refractivity contribution in [2.75, 3.05) is 19.9 Å². The summed E-state index contributed by atoms with van der Waals surface area (Å²) in [5.74, 6) is 0. The van der Waals surface area contributed by atoms with Gasteiger partial charge in [-0.25, -0.2) is 0 Å². The first-order valence-electron chi connectivity index (χ1n) is 4.28. The van der Waals surface area contributed by atoms with Gasteiger partial charge in [-0.15, -0.1) is 0 Å². The van der Waals surface area contributed by atoms with Crippen molar-refractivity contribution in [2.45, 2.75) is 31.7 Å². The van der Waals surface area contributed by atoms with Gasteiger partial charge in [0.25, 0.3) is 0 Å². The minimum atomic E-state index is 0.863. The first-order valence-corrected chi connectivity index (χ1v) is 4.28. The van der Waals surface area contributed by atoms with Crippen LogP contribution in [-0.4, -0.2) is 30.8 Å². The average Bonchev–Trinajstić information content (AvgIpc) is 2.05. The second kappa shape index (κ2) is 2.89. The van der Waals surface area contributed by atoms with Crippen molar-refractivity contribution in [3.63, 3.8) is 0 Å². The Hall–Kier alpha value is -0.0800. The van der Waals surface area contributed by atoms with Crippen LogP contribution in [0, 0.1) is 0 Å². The number of nitrogens with zero attached hydrogens (tertiary/aromatic N) is 1. The zero-order chi connectivity index (χ0) is 6.81. The fourth-order valence-electron chi connectivity index (χ4n) is 1.96. The molecule has 0 amide bonds. The van der Waals surface area contributed by atoms with Gasteiger partial charge in [0.1, 0.15) is 0 Å². The SMILES string of the molecule is C1CCN2COCC[C@H]2C1. The Bertz CT molecular complexity index is 89.8. The third-order valence-electron chi connectivity index (χ3n) is 2.60. The Labute approximate surface area is 62.2 Å². The van der Waals surface area contributed by atoms with Gasteiger partial charge in [-0.3, -0.25) is 4.90 Å². The van der Waals surface area contributed by atoms with E-state index < -0.39 is 0 Å². The Kier molecular flexibility index (Phi) is 1.91. The number of ether oxygens (including phenoxy) is 1. The second-order valence-corrected chi connectivity index (χ2v) is 3.29. The van der Waals surface area contributed by atoms with Gasteiger partial charge < -0.3 is 4.74 Å². The smallest absolute Gasteiger partial charge is 0.0992 e. The van der Waals surface area contributed by atoms with Crippen LogP contribution >= 0.6 is 0 Å². The van der Waals surface area contributed by atoms with Gasteiger partial charge in [0.15, 0.2) is 0 Å². The molecule has 1 atom stereocenters. The molecular weight excluding hydrogens is 126 g/mol. The van der Waals surface area contributed by atoms with Gasteiger partial charge in [0.2, 0.25) is 0 Å². The fraction of sp³-hybridized carbons (Fsp3) is 1.00. The van der Waals surface area contributed by atoms with Crippen molar-refractivity contribution in [1.82, 2.24) is 4.90 Å².